The summed E-state index contributed by atoms with van der Waals surface area (Å²) < 4.78 is 71.1. The Balaban J connectivity index is 1.61. The first-order chi connectivity index (χ1) is 19.0. The van der Waals surface area contributed by atoms with E-state index in [9.17, 15) is 21.6 Å². The molecular weight excluding hydrogens is 545 g/mol. The number of hydrogen-bond donors (Lipinski definition) is 2. The monoisotopic (exact) mass is 570 g/mol. The largest absolute Gasteiger partial charge is 0.419 e. The van der Waals surface area contributed by atoms with Gasteiger partial charge in [0.15, 0.2) is 5.65 Å². The Labute approximate surface area is 228 Å². The number of alkyl halides is 3. The molecular formula is C27H25F3N6O3S. The van der Waals surface area contributed by atoms with Crippen LogP contribution in [0.25, 0.3) is 27.9 Å². The Morgan fingerprint density at radius 1 is 1.10 bits per heavy atom. The van der Waals surface area contributed by atoms with Crippen LogP contribution >= 0.6 is 0 Å². The number of nitrogens with zero attached hydrogens (tertiary/aromatic N) is 4. The first-order valence-corrected chi connectivity index (χ1v) is 14.2. The van der Waals surface area contributed by atoms with Crippen LogP contribution in [0.4, 0.5) is 19.1 Å². The van der Waals surface area contributed by atoms with Gasteiger partial charge in [0.05, 0.1) is 22.3 Å². The standard InChI is InChI=1S/C27H25F3N6O3S/c1-15-23(16(2)39-35-15)22-12-11-19-20(14-36(25(19)33-22)40(37,38)18-9-4-3-5-10-18)24-21(27(28,29)30)13-31-26(34-24)32-17-7-6-8-17/h3-5,9-15,17,35H,6-8H2,1-2H3,(H,31,32,34). The molecule has 4 aromatic rings. The second-order valence-corrected chi connectivity index (χ2v) is 11.7. The van der Waals surface area contributed by atoms with E-state index >= 15 is 0 Å². The lowest BCUT2D eigenvalue weighted by molar-refractivity contribution is -0.137. The van der Waals surface area contributed by atoms with E-state index in [2.05, 4.69) is 25.7 Å². The first-order valence-electron chi connectivity index (χ1n) is 12.7. The molecule has 1 aliphatic heterocycles. The summed E-state index contributed by atoms with van der Waals surface area (Å²) in [6.45, 7) is 3.60. The highest BCUT2D eigenvalue weighted by Gasteiger charge is 2.37. The fourth-order valence-electron chi connectivity index (χ4n) is 4.90. The second kappa shape index (κ2) is 9.59. The third-order valence-electron chi connectivity index (χ3n) is 7.19. The average Bonchev–Trinajstić information content (AvgIpc) is 3.45. The topological polar surface area (TPSA) is 111 Å². The summed E-state index contributed by atoms with van der Waals surface area (Å²) in [5, 5.41) is 3.27. The van der Waals surface area contributed by atoms with Gasteiger partial charge < -0.3 is 10.2 Å². The molecule has 1 aromatic carbocycles. The summed E-state index contributed by atoms with van der Waals surface area (Å²) in [6, 6.07) is 10.7. The first kappa shape index (κ1) is 26.3. The molecule has 0 spiro atoms. The minimum Gasteiger partial charge on any atom is -0.412 e. The number of hydroxylamine groups is 1. The molecule has 1 atom stereocenters. The van der Waals surface area contributed by atoms with Gasteiger partial charge in [-0.15, -0.1) is 5.48 Å². The zero-order valence-electron chi connectivity index (χ0n) is 21.5. The fourth-order valence-corrected chi connectivity index (χ4v) is 6.24. The minimum atomic E-state index is -4.78. The van der Waals surface area contributed by atoms with Gasteiger partial charge in [-0.3, -0.25) is 0 Å². The van der Waals surface area contributed by atoms with E-state index < -0.39 is 27.5 Å². The maximum absolute atomic E-state index is 14.2. The van der Waals surface area contributed by atoms with Crippen molar-refractivity contribution >= 4 is 32.6 Å². The molecule has 0 bridgehead atoms. The smallest absolute Gasteiger partial charge is 0.412 e. The molecule has 1 aliphatic carbocycles. The summed E-state index contributed by atoms with van der Waals surface area (Å²) in [5.74, 6) is 0.610. The van der Waals surface area contributed by atoms with Gasteiger partial charge in [-0.2, -0.15) is 13.2 Å². The van der Waals surface area contributed by atoms with Crippen LogP contribution in [-0.2, 0) is 21.0 Å². The lowest BCUT2D eigenvalue weighted by Crippen LogP contribution is -2.28. The van der Waals surface area contributed by atoms with Crippen molar-refractivity contribution in [3.05, 3.63) is 71.9 Å². The number of hydrogen-bond acceptors (Lipinski definition) is 8. The lowest BCUT2D eigenvalue weighted by Gasteiger charge is -2.26. The van der Waals surface area contributed by atoms with Crippen LogP contribution in [0.3, 0.4) is 0 Å². The summed E-state index contributed by atoms with van der Waals surface area (Å²) in [5.41, 5.74) is 2.41. The maximum Gasteiger partial charge on any atom is 0.419 e. The van der Waals surface area contributed by atoms with Crippen molar-refractivity contribution in [3.63, 3.8) is 0 Å². The molecule has 4 heterocycles. The normalized spacial score (nSPS) is 18.2. The molecule has 13 heteroatoms. The molecule has 3 aromatic heterocycles. The van der Waals surface area contributed by atoms with Crippen molar-refractivity contribution in [1.29, 1.82) is 0 Å². The van der Waals surface area contributed by atoms with Crippen molar-refractivity contribution < 1.29 is 26.4 Å². The molecule has 0 radical (unpaired) electrons. The van der Waals surface area contributed by atoms with Gasteiger partial charge in [0.25, 0.3) is 10.0 Å². The Morgan fingerprint density at radius 3 is 2.48 bits per heavy atom. The highest BCUT2D eigenvalue weighted by molar-refractivity contribution is 7.90. The van der Waals surface area contributed by atoms with E-state index in [1.165, 1.54) is 12.1 Å². The summed E-state index contributed by atoms with van der Waals surface area (Å²) in [6.07, 6.45) is -0.145. The Bertz CT molecular complexity index is 1750. The van der Waals surface area contributed by atoms with Crippen LogP contribution in [0.1, 0.15) is 44.4 Å². The van der Waals surface area contributed by atoms with E-state index in [1.54, 1.807) is 37.3 Å². The number of pyridine rings is 1. The van der Waals surface area contributed by atoms with Crippen molar-refractivity contribution in [2.24, 2.45) is 0 Å². The molecule has 6 rings (SSSR count). The van der Waals surface area contributed by atoms with Crippen LogP contribution in [0, 0.1) is 0 Å². The van der Waals surface area contributed by atoms with Gasteiger partial charge in [0.2, 0.25) is 5.95 Å². The van der Waals surface area contributed by atoms with Gasteiger partial charge in [-0.05, 0) is 57.4 Å². The van der Waals surface area contributed by atoms with Crippen molar-refractivity contribution in [2.45, 2.75) is 56.3 Å². The number of allylic oxidation sites excluding steroid dienone is 1. The summed E-state index contributed by atoms with van der Waals surface area (Å²) in [4.78, 5) is 18.2. The SMILES string of the molecule is CC1=C(c2ccc3c(-c4nc(NC5CCC5)ncc4C(F)(F)F)cn(S(=O)(=O)c4ccccc4)c3n2)C(C)NO1. The van der Waals surface area contributed by atoms with Crippen molar-refractivity contribution in [3.8, 4) is 11.3 Å². The van der Waals surface area contributed by atoms with Crippen molar-refractivity contribution in [1.82, 2.24) is 24.4 Å². The van der Waals surface area contributed by atoms with Crippen LogP contribution < -0.4 is 10.8 Å². The zero-order valence-corrected chi connectivity index (χ0v) is 22.3. The highest BCUT2D eigenvalue weighted by atomic mass is 32.2. The van der Waals surface area contributed by atoms with Crippen LogP contribution in [0.5, 0.6) is 0 Å². The van der Waals surface area contributed by atoms with E-state index in [-0.39, 0.29) is 39.5 Å². The van der Waals surface area contributed by atoms with Crippen LogP contribution in [0.15, 0.2) is 65.5 Å². The molecule has 0 amide bonds. The quantitative estimate of drug-likeness (QED) is 0.319. The third-order valence-corrected chi connectivity index (χ3v) is 8.85. The highest BCUT2D eigenvalue weighted by Crippen LogP contribution is 2.41. The molecule has 1 fully saturated rings. The van der Waals surface area contributed by atoms with Gasteiger partial charge in [0.1, 0.15) is 11.3 Å². The molecule has 0 saturated heterocycles. The van der Waals surface area contributed by atoms with Gasteiger partial charge in [-0.25, -0.2) is 27.3 Å². The number of aromatic nitrogens is 4. The number of rotatable bonds is 6. The number of benzene rings is 1. The predicted octanol–water partition coefficient (Wildman–Crippen LogP) is 5.37. The Kier molecular flexibility index (Phi) is 6.30. The van der Waals surface area contributed by atoms with E-state index in [0.29, 0.717) is 17.0 Å². The molecule has 2 N–H and O–H groups in total. The maximum atomic E-state index is 14.2. The zero-order chi connectivity index (χ0) is 28.2. The Morgan fingerprint density at radius 2 is 1.85 bits per heavy atom. The number of halogens is 3. The molecule has 9 nitrogen and oxygen atoms in total. The Hall–Kier alpha value is -3.97. The minimum absolute atomic E-state index is 0.0283. The summed E-state index contributed by atoms with van der Waals surface area (Å²) in [7, 11) is -4.24. The van der Waals surface area contributed by atoms with Gasteiger partial charge >= 0.3 is 6.18 Å². The summed E-state index contributed by atoms with van der Waals surface area (Å²) >= 11 is 0. The lowest BCUT2D eigenvalue weighted by atomic mass is 9.93. The molecule has 40 heavy (non-hydrogen) atoms. The second-order valence-electron chi connectivity index (χ2n) is 9.86. The molecule has 1 saturated carbocycles. The number of fused-ring (bicyclic) bond motifs is 1. The average molecular weight is 571 g/mol. The molecule has 1 unspecified atom stereocenters. The molecule has 2 aliphatic rings. The third kappa shape index (κ3) is 4.48. The van der Waals surface area contributed by atoms with E-state index in [0.717, 1.165) is 35.6 Å². The number of anilines is 1. The fraction of sp³-hybridized carbons (Fsp3) is 0.296. The van der Waals surface area contributed by atoms with Crippen LogP contribution in [-0.4, -0.2) is 39.4 Å². The van der Waals surface area contributed by atoms with E-state index in [4.69, 9.17) is 4.84 Å². The van der Waals surface area contributed by atoms with Crippen LogP contribution in [0.2, 0.25) is 0 Å². The predicted molar refractivity (Wildman–Crippen MR) is 142 cm³/mol. The van der Waals surface area contributed by atoms with Gasteiger partial charge in [-0.1, -0.05) is 18.2 Å². The van der Waals surface area contributed by atoms with Crippen molar-refractivity contribution in [2.75, 3.05) is 5.32 Å². The van der Waals surface area contributed by atoms with E-state index in [1.807, 2.05) is 6.92 Å². The van der Waals surface area contributed by atoms with Gasteiger partial charge in [0, 0.05) is 35.0 Å². The number of nitrogens with one attached hydrogen (secondary N) is 2. The molecule has 208 valence electrons.